The number of fused-ring (bicyclic) bond motifs is 1. The molecule has 1 aliphatic rings. The summed E-state index contributed by atoms with van der Waals surface area (Å²) in [6, 6.07) is 0. The molecular formula is C25H40N7O19P3S. The zero-order valence-electron chi connectivity index (χ0n) is 28.8. The Balaban J connectivity index is 1.49. The largest absolute Gasteiger partial charge is 0.481 e. The van der Waals surface area contributed by atoms with Gasteiger partial charge >= 0.3 is 29.4 Å². The molecule has 55 heavy (non-hydrogen) atoms. The number of phosphoric ester groups is 3. The van der Waals surface area contributed by atoms with E-state index >= 15 is 0 Å². The summed E-state index contributed by atoms with van der Waals surface area (Å²) in [4.78, 5) is 97.3. The number of nitrogens with one attached hydrogen (secondary N) is 2. The summed E-state index contributed by atoms with van der Waals surface area (Å²) in [5.74, 6) is -2.51. The third kappa shape index (κ3) is 14.5. The highest BCUT2D eigenvalue weighted by atomic mass is 32.2. The summed E-state index contributed by atoms with van der Waals surface area (Å²) in [6.45, 7) is 0.213. The lowest BCUT2D eigenvalue weighted by atomic mass is 9.87. The number of ether oxygens (including phenoxy) is 1. The van der Waals surface area contributed by atoms with Crippen LogP contribution in [0.3, 0.4) is 0 Å². The van der Waals surface area contributed by atoms with Crippen molar-refractivity contribution in [3.8, 4) is 0 Å². The van der Waals surface area contributed by atoms with Gasteiger partial charge in [-0.25, -0.2) is 28.6 Å². The molecule has 11 N–H and O–H groups in total. The minimum Gasteiger partial charge on any atom is -0.481 e. The van der Waals surface area contributed by atoms with Crippen LogP contribution in [-0.4, -0.2) is 134 Å². The van der Waals surface area contributed by atoms with E-state index in [9.17, 15) is 62.7 Å². The second-order valence-electron chi connectivity index (χ2n) is 12.2. The third-order valence-corrected chi connectivity index (χ3v) is 11.3. The first-order valence-corrected chi connectivity index (χ1v) is 21.2. The average molecular weight is 868 g/mol. The molecule has 1 saturated heterocycles. The van der Waals surface area contributed by atoms with Crippen molar-refractivity contribution in [3.05, 3.63) is 12.7 Å². The zero-order valence-corrected chi connectivity index (χ0v) is 32.3. The van der Waals surface area contributed by atoms with Crippen molar-refractivity contribution >= 4 is 75.1 Å². The fourth-order valence-electron chi connectivity index (χ4n) is 4.58. The number of nitrogens with two attached hydrogens (primary N) is 1. The molecule has 7 atom stereocenters. The Kier molecular flexibility index (Phi) is 16.4. The molecule has 2 unspecified atom stereocenters. The highest BCUT2D eigenvalue weighted by molar-refractivity contribution is 8.13. The summed E-state index contributed by atoms with van der Waals surface area (Å²) >= 11 is 0.849. The smallest absolute Gasteiger partial charge is 0.481 e. The molecule has 1 aliphatic heterocycles. The van der Waals surface area contributed by atoms with E-state index in [1.165, 1.54) is 13.8 Å². The topological polar surface area (TPSA) is 401 Å². The predicted molar refractivity (Wildman–Crippen MR) is 184 cm³/mol. The number of rotatable bonds is 22. The molecule has 0 aromatic carbocycles. The Bertz CT molecular complexity index is 1850. The monoisotopic (exact) mass is 867 g/mol. The fourth-order valence-corrected chi connectivity index (χ4v) is 8.08. The highest BCUT2D eigenvalue weighted by Crippen LogP contribution is 2.61. The number of thioether (sulfide) groups is 1. The molecule has 30 heteroatoms. The van der Waals surface area contributed by atoms with Gasteiger partial charge in [0.2, 0.25) is 11.8 Å². The molecule has 310 valence electrons. The average Bonchev–Trinajstić information content (AvgIpc) is 3.63. The molecule has 2 aromatic rings. The zero-order chi connectivity index (χ0) is 41.4. The number of imidazole rings is 1. The van der Waals surface area contributed by atoms with Crippen molar-refractivity contribution < 1.29 is 90.4 Å². The number of carbonyl (C=O) groups is 4. The standard InChI is InChI=1S/C25H40N7O19P3S/c1-25(2,20(38)23(39)28-6-5-14(33)27-7-8-55-16(36)4-3-15(34)35)10-48-54(45,46)51-53(43,44)47-9-13-19(50-52(40,41)42)18(37)24(49-13)32-12-31-17-21(26)29-11-30-22(17)32/h11-13,18-20,24,37-38H,3-10H2,1-2H3,(H,27,33)(H,28,39)(H,34,35)(H,43,44)(H,45,46)(H2,26,29,30)(H2,40,41,42)/t13-,18-,19-,20-,24-/m1/s1. The summed E-state index contributed by atoms with van der Waals surface area (Å²) < 4.78 is 61.9. The van der Waals surface area contributed by atoms with Crippen LogP contribution < -0.4 is 16.4 Å². The first-order valence-electron chi connectivity index (χ1n) is 15.7. The SMILES string of the molecule is CC(C)(COP(=O)(O)OP(=O)(O)OC[C@H]1O[C@@H](n2cnc3c(N)ncnc32)[C@H](O)[C@@H]1OP(=O)(O)O)[C@H](O)C(=O)NCCC(=O)NCCSC(=O)CCC(=O)O. The van der Waals surface area contributed by atoms with Gasteiger partial charge in [-0.1, -0.05) is 25.6 Å². The maximum absolute atomic E-state index is 12.6. The van der Waals surface area contributed by atoms with Gasteiger partial charge in [0.1, 0.15) is 36.3 Å². The number of carbonyl (C=O) groups excluding carboxylic acids is 3. The van der Waals surface area contributed by atoms with Crippen LogP contribution in [0.4, 0.5) is 5.82 Å². The number of carboxylic acid groups (broad SMARTS) is 1. The van der Waals surface area contributed by atoms with Crippen molar-refractivity contribution in [1.82, 2.24) is 30.2 Å². The Hall–Kier alpha value is -2.97. The normalized spacial score (nSPS) is 21.7. The van der Waals surface area contributed by atoms with Gasteiger partial charge in [0, 0.05) is 37.1 Å². The number of aliphatic hydroxyl groups excluding tert-OH is 2. The lowest BCUT2D eigenvalue weighted by Crippen LogP contribution is -2.46. The number of amides is 2. The number of hydrogen-bond donors (Lipinski definition) is 10. The number of phosphoric acid groups is 3. The summed E-state index contributed by atoms with van der Waals surface area (Å²) in [5, 5.41) is 34.4. The lowest BCUT2D eigenvalue weighted by Gasteiger charge is -2.30. The maximum atomic E-state index is 12.6. The Labute approximate surface area is 314 Å². The van der Waals surface area contributed by atoms with Gasteiger partial charge in [-0.2, -0.15) is 4.31 Å². The molecule has 26 nitrogen and oxygen atoms in total. The molecule has 3 rings (SSSR count). The fraction of sp³-hybridized carbons (Fsp3) is 0.640. The van der Waals surface area contributed by atoms with Crippen molar-refractivity contribution in [1.29, 1.82) is 0 Å². The molecule has 0 aliphatic carbocycles. The summed E-state index contributed by atoms with van der Waals surface area (Å²) in [5.41, 5.74) is 4.20. The van der Waals surface area contributed by atoms with Gasteiger partial charge in [-0.3, -0.25) is 37.3 Å². The van der Waals surface area contributed by atoms with Crippen molar-refractivity contribution in [3.63, 3.8) is 0 Å². The van der Waals surface area contributed by atoms with Gasteiger partial charge in [0.05, 0.1) is 26.0 Å². The number of nitrogens with zero attached hydrogens (tertiary/aromatic N) is 4. The van der Waals surface area contributed by atoms with E-state index in [-0.39, 0.29) is 60.2 Å². The lowest BCUT2D eigenvalue weighted by molar-refractivity contribution is -0.138. The van der Waals surface area contributed by atoms with Crippen LogP contribution in [0.25, 0.3) is 11.2 Å². The van der Waals surface area contributed by atoms with E-state index in [0.717, 1.165) is 29.0 Å². The van der Waals surface area contributed by atoms with Gasteiger partial charge < -0.3 is 56.0 Å². The van der Waals surface area contributed by atoms with E-state index in [0.29, 0.717) is 0 Å². The number of carboxylic acids is 1. The van der Waals surface area contributed by atoms with Crippen LogP contribution >= 0.6 is 35.2 Å². The quantitative estimate of drug-likeness (QED) is 0.0477. The van der Waals surface area contributed by atoms with Gasteiger partial charge in [0.25, 0.3) is 0 Å². The van der Waals surface area contributed by atoms with Gasteiger partial charge in [-0.05, 0) is 0 Å². The van der Waals surface area contributed by atoms with Crippen LogP contribution in [0.15, 0.2) is 12.7 Å². The van der Waals surface area contributed by atoms with Gasteiger partial charge in [0.15, 0.2) is 22.8 Å². The molecule has 2 amide bonds. The van der Waals surface area contributed by atoms with E-state index in [1.54, 1.807) is 0 Å². The number of aliphatic carboxylic acids is 1. The second kappa shape index (κ2) is 19.5. The number of nitrogen functional groups attached to an aromatic ring is 1. The van der Waals surface area contributed by atoms with Crippen molar-refractivity contribution in [2.75, 3.05) is 37.8 Å². The number of aromatic nitrogens is 4. The van der Waals surface area contributed by atoms with E-state index in [1.807, 2.05) is 0 Å². The molecule has 1 fully saturated rings. The maximum Gasteiger partial charge on any atom is 0.481 e. The summed E-state index contributed by atoms with van der Waals surface area (Å²) in [6.07, 6.45) is -7.55. The van der Waals surface area contributed by atoms with Crippen LogP contribution in [0.1, 0.15) is 39.3 Å². The first-order chi connectivity index (χ1) is 25.4. The molecule has 0 radical (unpaired) electrons. The molecule has 0 saturated carbocycles. The Morgan fingerprint density at radius 2 is 1.69 bits per heavy atom. The van der Waals surface area contributed by atoms with Gasteiger partial charge in [-0.15, -0.1) is 0 Å². The molecule has 2 aromatic heterocycles. The molecule has 0 bridgehead atoms. The minimum absolute atomic E-state index is 0.0197. The number of anilines is 1. The summed E-state index contributed by atoms with van der Waals surface area (Å²) in [7, 11) is -16.4. The van der Waals surface area contributed by atoms with E-state index < -0.39 is 90.5 Å². The Morgan fingerprint density at radius 3 is 2.35 bits per heavy atom. The third-order valence-electron chi connectivity index (χ3n) is 7.31. The van der Waals surface area contributed by atoms with Crippen molar-refractivity contribution in [2.45, 2.75) is 63.8 Å². The minimum atomic E-state index is -5.59. The van der Waals surface area contributed by atoms with Crippen LogP contribution in [0.2, 0.25) is 0 Å². The van der Waals surface area contributed by atoms with Crippen LogP contribution in [0.5, 0.6) is 0 Å². The Morgan fingerprint density at radius 1 is 1.02 bits per heavy atom. The number of hydrogen-bond acceptors (Lipinski definition) is 19. The first kappa shape index (κ1) is 46.4. The highest BCUT2D eigenvalue weighted by Gasteiger charge is 2.50. The molecule has 3 heterocycles. The van der Waals surface area contributed by atoms with Crippen LogP contribution in [0, 0.1) is 5.41 Å². The van der Waals surface area contributed by atoms with E-state index in [2.05, 4.69) is 34.4 Å². The van der Waals surface area contributed by atoms with E-state index in [4.69, 9.17) is 24.6 Å². The molecule has 0 spiro atoms. The van der Waals surface area contributed by atoms with Crippen molar-refractivity contribution in [2.24, 2.45) is 5.41 Å². The second-order valence-corrected chi connectivity index (χ2v) is 17.6. The van der Waals surface area contributed by atoms with Crippen LogP contribution in [-0.2, 0) is 55.5 Å². The predicted octanol–water partition coefficient (Wildman–Crippen LogP) is -1.47. The number of aliphatic hydroxyl groups is 2. The molecular weight excluding hydrogens is 827 g/mol.